The number of aromatic nitrogens is 1. The molecule has 2 fully saturated rings. The number of likely N-dealkylation sites (tertiary alicyclic amines) is 1. The molecule has 0 saturated carbocycles. The minimum atomic E-state index is -0.658. The molecule has 2 N–H and O–H groups in total. The molecular formula is C14H19ClN4O2. The van der Waals surface area contributed by atoms with Crippen molar-refractivity contribution < 1.29 is 9.84 Å². The number of hydrogen-bond acceptors (Lipinski definition) is 6. The van der Waals surface area contributed by atoms with Gasteiger partial charge in [-0.05, 0) is 0 Å². The molecule has 0 amide bonds. The number of aliphatic hydroxyl groups is 1. The first-order valence-corrected chi connectivity index (χ1v) is 6.79. The highest BCUT2D eigenvalue weighted by atomic mass is 35.5. The molecule has 0 spiro atoms. The number of methoxy groups -OCH3 is 1. The number of nitrogens with one attached hydrogen (secondary N) is 1. The summed E-state index contributed by atoms with van der Waals surface area (Å²) >= 11 is 0. The largest absolute Gasteiger partial charge is 0.495 e. The maximum atomic E-state index is 10.3. The van der Waals surface area contributed by atoms with E-state index >= 15 is 0 Å². The van der Waals surface area contributed by atoms with Crippen molar-refractivity contribution in [3.63, 3.8) is 0 Å². The topological polar surface area (TPSA) is 81.4 Å². The van der Waals surface area contributed by atoms with Gasteiger partial charge in [0.2, 0.25) is 0 Å². The van der Waals surface area contributed by atoms with Gasteiger partial charge in [-0.15, -0.1) is 12.4 Å². The number of ether oxygens (including phenoxy) is 1. The molecule has 0 aromatic carbocycles. The summed E-state index contributed by atoms with van der Waals surface area (Å²) in [6, 6.07) is 4.25. The first-order valence-electron chi connectivity index (χ1n) is 6.79. The molecular weight excluding hydrogens is 292 g/mol. The van der Waals surface area contributed by atoms with Crippen molar-refractivity contribution in [2.75, 3.05) is 33.3 Å². The maximum Gasteiger partial charge on any atom is 0.140 e. The summed E-state index contributed by atoms with van der Waals surface area (Å²) in [6.45, 7) is 3.66. The fraction of sp³-hybridized carbons (Fsp3) is 0.571. The Morgan fingerprint density at radius 1 is 1.62 bits per heavy atom. The molecule has 3 atom stereocenters. The maximum absolute atomic E-state index is 10.3. The highest BCUT2D eigenvalue weighted by molar-refractivity contribution is 5.85. The average Bonchev–Trinajstić information content (AvgIpc) is 2.73. The van der Waals surface area contributed by atoms with Gasteiger partial charge in [0.15, 0.2) is 0 Å². The van der Waals surface area contributed by atoms with Gasteiger partial charge in [-0.1, -0.05) is 0 Å². The lowest BCUT2D eigenvalue weighted by Crippen LogP contribution is -2.51. The number of aliphatic hydroxyl groups excluding tert-OH is 1. The molecule has 7 heteroatoms. The molecule has 1 aromatic heterocycles. The third-order valence-corrected chi connectivity index (χ3v) is 4.16. The SMILES string of the molecule is COc1cc([C@@H](O)CN2CC3CNC3C2)ncc1C#N.Cl. The Bertz CT molecular complexity index is 536. The molecule has 6 nitrogen and oxygen atoms in total. The van der Waals surface area contributed by atoms with E-state index in [-0.39, 0.29) is 12.4 Å². The zero-order valence-corrected chi connectivity index (χ0v) is 12.6. The summed E-state index contributed by atoms with van der Waals surface area (Å²) in [6.07, 6.45) is 0.793. The highest BCUT2D eigenvalue weighted by Crippen LogP contribution is 2.26. The lowest BCUT2D eigenvalue weighted by molar-refractivity contribution is 0.121. The predicted molar refractivity (Wildman–Crippen MR) is 79.4 cm³/mol. The first-order chi connectivity index (χ1) is 9.71. The standard InChI is InChI=1S/C14H18N4O2.ClH/c1-20-14-2-11(16-4-9(14)3-15)13(19)8-18-6-10-5-17-12(10)7-18;/h2,4,10,12-13,17,19H,5-8H2,1H3;1H/t10?,12?,13-;/m0./s1. The zero-order valence-electron chi connectivity index (χ0n) is 11.8. The predicted octanol–water partition coefficient (Wildman–Crippen LogP) is 0.321. The Morgan fingerprint density at radius 2 is 2.43 bits per heavy atom. The Hall–Kier alpha value is -1.39. The number of halogens is 1. The molecule has 2 unspecified atom stereocenters. The molecule has 0 bridgehead atoms. The molecule has 21 heavy (non-hydrogen) atoms. The smallest absolute Gasteiger partial charge is 0.140 e. The number of nitriles is 1. The van der Waals surface area contributed by atoms with Crippen molar-refractivity contribution in [2.45, 2.75) is 12.1 Å². The van der Waals surface area contributed by atoms with Crippen LogP contribution in [0.4, 0.5) is 0 Å². The molecule has 2 aliphatic heterocycles. The normalized spacial score (nSPS) is 25.2. The summed E-state index contributed by atoms with van der Waals surface area (Å²) in [5.74, 6) is 1.19. The van der Waals surface area contributed by atoms with Gasteiger partial charge in [0, 0.05) is 50.4 Å². The van der Waals surface area contributed by atoms with E-state index in [1.165, 1.54) is 13.3 Å². The Balaban J connectivity index is 0.00000161. The third kappa shape index (κ3) is 3.11. The van der Waals surface area contributed by atoms with Crippen LogP contribution >= 0.6 is 12.4 Å². The van der Waals surface area contributed by atoms with Crippen LogP contribution in [0, 0.1) is 17.2 Å². The lowest BCUT2D eigenvalue weighted by atomic mass is 9.96. The summed E-state index contributed by atoms with van der Waals surface area (Å²) in [7, 11) is 1.51. The summed E-state index contributed by atoms with van der Waals surface area (Å²) in [5.41, 5.74) is 0.930. The molecule has 1 aromatic rings. The van der Waals surface area contributed by atoms with Crippen LogP contribution in [0.2, 0.25) is 0 Å². The van der Waals surface area contributed by atoms with E-state index in [1.807, 2.05) is 6.07 Å². The van der Waals surface area contributed by atoms with Gasteiger partial charge < -0.3 is 15.2 Å². The average molecular weight is 311 g/mol. The van der Waals surface area contributed by atoms with E-state index in [4.69, 9.17) is 10.00 Å². The fourth-order valence-corrected chi connectivity index (χ4v) is 2.92. The van der Waals surface area contributed by atoms with E-state index in [1.54, 1.807) is 6.07 Å². The second-order valence-corrected chi connectivity index (χ2v) is 5.43. The third-order valence-electron chi connectivity index (χ3n) is 4.16. The van der Waals surface area contributed by atoms with Crippen LogP contribution in [-0.4, -0.2) is 54.3 Å². The van der Waals surface area contributed by atoms with E-state index in [0.717, 1.165) is 25.6 Å². The summed E-state index contributed by atoms with van der Waals surface area (Å²) < 4.78 is 5.14. The molecule has 3 rings (SSSR count). The number of fused-ring (bicyclic) bond motifs is 1. The van der Waals surface area contributed by atoms with Crippen LogP contribution in [0.3, 0.4) is 0 Å². The van der Waals surface area contributed by atoms with Crippen molar-refractivity contribution in [3.8, 4) is 11.8 Å². The van der Waals surface area contributed by atoms with Crippen molar-refractivity contribution in [1.29, 1.82) is 5.26 Å². The van der Waals surface area contributed by atoms with E-state index < -0.39 is 6.10 Å². The minimum absolute atomic E-state index is 0. The van der Waals surface area contributed by atoms with Crippen molar-refractivity contribution in [1.82, 2.24) is 15.2 Å². The number of nitrogens with zero attached hydrogens (tertiary/aromatic N) is 3. The van der Waals surface area contributed by atoms with Gasteiger partial charge in [-0.25, -0.2) is 0 Å². The van der Waals surface area contributed by atoms with Gasteiger partial charge in [-0.2, -0.15) is 5.26 Å². The van der Waals surface area contributed by atoms with Crippen molar-refractivity contribution >= 4 is 12.4 Å². The number of pyridine rings is 1. The monoisotopic (exact) mass is 310 g/mol. The van der Waals surface area contributed by atoms with Crippen LogP contribution in [0.1, 0.15) is 17.4 Å². The van der Waals surface area contributed by atoms with Crippen LogP contribution in [0.15, 0.2) is 12.3 Å². The Labute approximate surface area is 130 Å². The Morgan fingerprint density at radius 3 is 2.95 bits per heavy atom. The van der Waals surface area contributed by atoms with Gasteiger partial charge in [0.05, 0.1) is 12.8 Å². The van der Waals surface area contributed by atoms with Gasteiger partial charge in [-0.3, -0.25) is 9.88 Å². The van der Waals surface area contributed by atoms with Crippen molar-refractivity contribution in [2.24, 2.45) is 5.92 Å². The molecule has 114 valence electrons. The van der Waals surface area contributed by atoms with E-state index in [0.29, 0.717) is 29.6 Å². The Kier molecular flexibility index (Phi) is 5.01. The van der Waals surface area contributed by atoms with Crippen LogP contribution < -0.4 is 10.1 Å². The van der Waals surface area contributed by atoms with Gasteiger partial charge in [0.25, 0.3) is 0 Å². The zero-order chi connectivity index (χ0) is 14.1. The van der Waals surface area contributed by atoms with Gasteiger partial charge in [0.1, 0.15) is 23.5 Å². The fourth-order valence-electron chi connectivity index (χ4n) is 2.92. The van der Waals surface area contributed by atoms with E-state index in [9.17, 15) is 5.11 Å². The van der Waals surface area contributed by atoms with Crippen LogP contribution in [0.25, 0.3) is 0 Å². The second kappa shape index (κ2) is 6.58. The first kappa shape index (κ1) is 16.0. The van der Waals surface area contributed by atoms with Gasteiger partial charge >= 0.3 is 0 Å². The number of hydrogen-bond donors (Lipinski definition) is 2. The highest BCUT2D eigenvalue weighted by Gasteiger charge is 2.39. The van der Waals surface area contributed by atoms with Crippen LogP contribution in [-0.2, 0) is 0 Å². The quantitative estimate of drug-likeness (QED) is 0.833. The molecule has 2 saturated heterocycles. The lowest BCUT2D eigenvalue weighted by Gasteiger charge is -2.30. The molecule has 2 aliphatic rings. The number of rotatable bonds is 4. The molecule has 0 radical (unpaired) electrons. The van der Waals surface area contributed by atoms with E-state index in [2.05, 4.69) is 15.2 Å². The molecule has 0 aliphatic carbocycles. The summed E-state index contributed by atoms with van der Waals surface area (Å²) in [5, 5.41) is 22.6. The second-order valence-electron chi connectivity index (χ2n) is 5.43. The van der Waals surface area contributed by atoms with Crippen molar-refractivity contribution in [3.05, 3.63) is 23.5 Å². The van der Waals surface area contributed by atoms with Crippen LogP contribution in [0.5, 0.6) is 5.75 Å². The molecule has 3 heterocycles. The summed E-state index contributed by atoms with van der Waals surface area (Å²) in [4.78, 5) is 6.42. The minimum Gasteiger partial charge on any atom is -0.495 e. The number of β-amino-alcohol motifs (C(OH)–C–C–N with tert-alkyl or cyclic N) is 1.